The SMILES string of the molecule is CSCC[C@@H]1NC(=O)[C@@H]2CCCN2C(=O)[C@H](C(C)C)NC(=O)[C@@H](Cc2ccc(OP(=O)(O)O)cc2)NC(=O)CNC(=O)[C@H](CC(C)C)NC1=O. The van der Waals surface area contributed by atoms with Gasteiger partial charge in [0.2, 0.25) is 35.4 Å². The van der Waals surface area contributed by atoms with Gasteiger partial charge in [0.05, 0.1) is 6.54 Å². The van der Waals surface area contributed by atoms with Gasteiger partial charge in [-0.2, -0.15) is 11.8 Å². The molecule has 2 aliphatic rings. The van der Waals surface area contributed by atoms with Crippen molar-refractivity contribution in [1.29, 1.82) is 0 Å². The minimum Gasteiger partial charge on any atom is -0.404 e. The molecule has 2 heterocycles. The largest absolute Gasteiger partial charge is 0.524 e. The molecule has 2 fully saturated rings. The van der Waals surface area contributed by atoms with Crippen molar-refractivity contribution in [1.82, 2.24) is 31.5 Å². The van der Waals surface area contributed by atoms with Crippen LogP contribution in [-0.4, -0.2) is 105 Å². The Morgan fingerprint density at radius 2 is 1.52 bits per heavy atom. The first-order valence-electron chi connectivity index (χ1n) is 16.6. The standard InChI is InChI=1S/C32H49N6O10PS/c1-18(2)15-23-28(40)33-17-26(39)34-24(16-20-8-10-21(11-9-20)48-49(45,46)47)30(42)37-27(19(3)4)32(44)38-13-6-7-25(38)31(43)35-22(12-14-50-5)29(41)36-23/h8-11,18-19,22-25,27H,6-7,12-17H2,1-5H3,(H,33,40)(H,34,39)(H,35,43)(H,36,41)(H,37,42)(H2,45,46,47)/t22-,23-,24+,25-,27-/m0/s1. The fourth-order valence-electron chi connectivity index (χ4n) is 5.80. The van der Waals surface area contributed by atoms with E-state index in [1.54, 1.807) is 13.8 Å². The van der Waals surface area contributed by atoms with Crippen LogP contribution in [0.1, 0.15) is 58.9 Å². The average Bonchev–Trinajstić information content (AvgIpc) is 3.53. The van der Waals surface area contributed by atoms with Gasteiger partial charge in [-0.05, 0) is 67.2 Å². The van der Waals surface area contributed by atoms with Crippen molar-refractivity contribution in [2.45, 2.75) is 90.0 Å². The Labute approximate surface area is 296 Å². The van der Waals surface area contributed by atoms with Crippen LogP contribution < -0.4 is 31.1 Å². The van der Waals surface area contributed by atoms with Gasteiger partial charge in [0.1, 0.15) is 36.0 Å². The second-order valence-corrected chi connectivity index (χ2v) is 15.4. The molecule has 7 N–H and O–H groups in total. The van der Waals surface area contributed by atoms with Crippen LogP contribution in [0.5, 0.6) is 5.75 Å². The van der Waals surface area contributed by atoms with E-state index in [1.807, 2.05) is 20.1 Å². The third-order valence-corrected chi connectivity index (χ3v) is 9.41. The summed E-state index contributed by atoms with van der Waals surface area (Å²) in [4.78, 5) is 101. The molecule has 2 saturated heterocycles. The van der Waals surface area contributed by atoms with Gasteiger partial charge in [0.25, 0.3) is 0 Å². The summed E-state index contributed by atoms with van der Waals surface area (Å²) < 4.78 is 15.8. The van der Waals surface area contributed by atoms with Crippen LogP contribution in [0.25, 0.3) is 0 Å². The van der Waals surface area contributed by atoms with Crippen molar-refractivity contribution in [2.75, 3.05) is 25.1 Å². The van der Waals surface area contributed by atoms with Gasteiger partial charge >= 0.3 is 7.82 Å². The summed E-state index contributed by atoms with van der Waals surface area (Å²) in [5.41, 5.74) is 0.481. The number of hydrogen-bond donors (Lipinski definition) is 7. The van der Waals surface area contributed by atoms with Crippen LogP contribution in [0.2, 0.25) is 0 Å². The third-order valence-electron chi connectivity index (χ3n) is 8.32. The number of carbonyl (C=O) groups is 6. The normalized spacial score (nSPS) is 24.8. The minimum atomic E-state index is -4.80. The summed E-state index contributed by atoms with van der Waals surface area (Å²) in [6, 6.07) is 0.310. The van der Waals surface area contributed by atoms with Crippen LogP contribution in [0.4, 0.5) is 0 Å². The molecular formula is C32H49N6O10PS. The maximum absolute atomic E-state index is 14.0. The number of carbonyl (C=O) groups excluding carboxylic acids is 6. The van der Waals surface area contributed by atoms with Crippen molar-refractivity contribution < 1.29 is 47.6 Å². The number of benzene rings is 1. The summed E-state index contributed by atoms with van der Waals surface area (Å²) in [6.07, 6.45) is 3.18. The maximum Gasteiger partial charge on any atom is 0.524 e. The molecule has 0 bridgehead atoms. The number of hydrogen-bond acceptors (Lipinski definition) is 9. The minimum absolute atomic E-state index is 0.0181. The Balaban J connectivity index is 1.98. The number of nitrogens with zero attached hydrogens (tertiary/aromatic N) is 1. The fourth-order valence-corrected chi connectivity index (χ4v) is 6.67. The van der Waals surface area contributed by atoms with Gasteiger partial charge in [-0.25, -0.2) is 4.57 Å². The van der Waals surface area contributed by atoms with Crippen LogP contribution in [0.3, 0.4) is 0 Å². The fraction of sp³-hybridized carbons (Fsp3) is 0.625. The summed E-state index contributed by atoms with van der Waals surface area (Å²) in [6.45, 7) is 6.94. The molecule has 0 spiro atoms. The molecule has 2 aliphatic heterocycles. The van der Waals surface area contributed by atoms with E-state index in [2.05, 4.69) is 31.1 Å². The first-order chi connectivity index (χ1) is 23.5. The Bertz CT molecular complexity index is 1440. The lowest BCUT2D eigenvalue weighted by molar-refractivity contribution is -0.143. The van der Waals surface area contributed by atoms with Gasteiger partial charge in [-0.15, -0.1) is 0 Å². The molecule has 0 aromatic heterocycles. The van der Waals surface area contributed by atoms with Crippen molar-refractivity contribution in [3.63, 3.8) is 0 Å². The first kappa shape index (κ1) is 40.8. The number of phosphoric ester groups is 1. The molecule has 0 aliphatic carbocycles. The van der Waals surface area contributed by atoms with E-state index in [4.69, 9.17) is 9.79 Å². The number of phosphoric acid groups is 1. The highest BCUT2D eigenvalue weighted by Gasteiger charge is 2.41. The quantitative estimate of drug-likeness (QED) is 0.160. The van der Waals surface area contributed by atoms with Crippen LogP contribution in [0.15, 0.2) is 24.3 Å². The van der Waals surface area contributed by atoms with Crippen molar-refractivity contribution in [3.8, 4) is 5.75 Å². The number of thioether (sulfide) groups is 1. The van der Waals surface area contributed by atoms with Crippen LogP contribution >= 0.6 is 19.6 Å². The topological polar surface area (TPSA) is 233 Å². The van der Waals surface area contributed by atoms with Crippen LogP contribution in [0, 0.1) is 11.8 Å². The number of nitrogens with one attached hydrogen (secondary N) is 5. The molecule has 18 heteroatoms. The van der Waals surface area contributed by atoms with Gasteiger partial charge in [0, 0.05) is 13.0 Å². The zero-order valence-electron chi connectivity index (χ0n) is 29.0. The first-order valence-corrected chi connectivity index (χ1v) is 19.5. The lowest BCUT2D eigenvalue weighted by atomic mass is 9.99. The van der Waals surface area contributed by atoms with Gasteiger partial charge < -0.3 is 36.0 Å². The lowest BCUT2D eigenvalue weighted by Crippen LogP contribution is -2.61. The van der Waals surface area contributed by atoms with E-state index < -0.39 is 85.9 Å². The van der Waals surface area contributed by atoms with E-state index >= 15 is 0 Å². The van der Waals surface area contributed by atoms with E-state index in [9.17, 15) is 33.3 Å². The maximum atomic E-state index is 14.0. The van der Waals surface area contributed by atoms with Crippen molar-refractivity contribution in [3.05, 3.63) is 29.8 Å². The van der Waals surface area contributed by atoms with Gasteiger partial charge in [0.15, 0.2) is 0 Å². The third kappa shape index (κ3) is 12.3. The summed E-state index contributed by atoms with van der Waals surface area (Å²) in [7, 11) is -4.80. The molecule has 1 aromatic carbocycles. The van der Waals surface area contributed by atoms with Crippen molar-refractivity contribution in [2.24, 2.45) is 11.8 Å². The Hall–Kier alpha value is -3.66. The average molecular weight is 741 g/mol. The molecule has 5 atom stereocenters. The molecule has 1 aromatic rings. The predicted molar refractivity (Wildman–Crippen MR) is 186 cm³/mol. The molecule has 3 rings (SSSR count). The molecule has 16 nitrogen and oxygen atoms in total. The van der Waals surface area contributed by atoms with Gasteiger partial charge in [-0.3, -0.25) is 38.6 Å². The zero-order valence-corrected chi connectivity index (χ0v) is 30.7. The highest BCUT2D eigenvalue weighted by molar-refractivity contribution is 7.98. The summed E-state index contributed by atoms with van der Waals surface area (Å²) >= 11 is 1.49. The van der Waals surface area contributed by atoms with Gasteiger partial charge in [-0.1, -0.05) is 39.8 Å². The molecule has 278 valence electrons. The Kier molecular flexibility index (Phi) is 15.1. The van der Waals surface area contributed by atoms with E-state index in [0.717, 1.165) is 0 Å². The molecule has 0 unspecified atom stereocenters. The Morgan fingerprint density at radius 1 is 0.880 bits per heavy atom. The number of rotatable bonds is 10. The van der Waals surface area contributed by atoms with E-state index in [1.165, 1.54) is 40.9 Å². The highest BCUT2D eigenvalue weighted by atomic mass is 32.2. The lowest BCUT2D eigenvalue weighted by Gasteiger charge is -2.32. The molecule has 50 heavy (non-hydrogen) atoms. The molecular weight excluding hydrogens is 691 g/mol. The molecule has 0 radical (unpaired) electrons. The van der Waals surface area contributed by atoms with Crippen molar-refractivity contribution >= 4 is 55.0 Å². The zero-order chi connectivity index (χ0) is 37.2. The molecule has 0 saturated carbocycles. The predicted octanol–water partition coefficient (Wildman–Crippen LogP) is 0.216. The summed E-state index contributed by atoms with van der Waals surface area (Å²) in [5, 5.41) is 13.4. The van der Waals surface area contributed by atoms with E-state index in [-0.39, 0.29) is 37.5 Å². The number of fused-ring (bicyclic) bond motifs is 1. The Morgan fingerprint density at radius 3 is 2.12 bits per heavy atom. The van der Waals surface area contributed by atoms with E-state index in [0.29, 0.717) is 24.2 Å². The highest BCUT2D eigenvalue weighted by Crippen LogP contribution is 2.37. The second-order valence-electron chi connectivity index (χ2n) is 13.2. The summed E-state index contributed by atoms with van der Waals surface area (Å²) in [5.74, 6) is -3.58. The second kappa shape index (κ2) is 18.5. The smallest absolute Gasteiger partial charge is 0.404 e. The molecule has 6 amide bonds. The number of amides is 6. The monoisotopic (exact) mass is 740 g/mol. The van der Waals surface area contributed by atoms with Crippen LogP contribution in [-0.2, 0) is 39.8 Å².